The molecule has 1 unspecified atom stereocenters. The summed E-state index contributed by atoms with van der Waals surface area (Å²) in [6, 6.07) is 20.2. The first-order valence-electron chi connectivity index (χ1n) is 12.6. The van der Waals surface area contributed by atoms with Gasteiger partial charge in [0, 0.05) is 10.6 Å². The van der Waals surface area contributed by atoms with E-state index >= 15 is 0 Å². The molecule has 0 radical (unpaired) electrons. The zero-order valence-electron chi connectivity index (χ0n) is 22.4. The predicted molar refractivity (Wildman–Crippen MR) is 156 cm³/mol. The molecule has 1 N–H and O–H groups in total. The van der Waals surface area contributed by atoms with Crippen molar-refractivity contribution >= 4 is 51.5 Å². The van der Waals surface area contributed by atoms with Crippen molar-refractivity contribution in [3.05, 3.63) is 116 Å². The molecule has 2 heterocycles. The number of thiazole rings is 1. The largest absolute Gasteiger partial charge is 0.507 e. The molecule has 1 aliphatic heterocycles. The molecular formula is C31H25ClN2O6S. The van der Waals surface area contributed by atoms with E-state index in [0.29, 0.717) is 34.2 Å². The fraction of sp³-hybridized carbons (Fsp3) is 0.161. The van der Waals surface area contributed by atoms with E-state index in [2.05, 4.69) is 4.98 Å². The van der Waals surface area contributed by atoms with Gasteiger partial charge in [-0.3, -0.25) is 14.5 Å². The molecule has 1 atom stereocenters. The maximum atomic E-state index is 13.4. The van der Waals surface area contributed by atoms with E-state index in [-0.39, 0.29) is 21.3 Å². The second-order valence-corrected chi connectivity index (χ2v) is 10.8. The monoisotopic (exact) mass is 588 g/mol. The van der Waals surface area contributed by atoms with Crippen LogP contribution in [0.5, 0.6) is 5.75 Å². The Morgan fingerprint density at radius 1 is 1.05 bits per heavy atom. The standard InChI is InChI=1S/C31H25ClN2O6S/c1-17-5-4-6-19(15-17)16-40-23-13-9-21(10-14-23)26(35)24-25(20-7-11-22(32)12-8-20)34(29(37)27(24)36)31-33-18(2)28(41-31)30(38)39-3/h4-15,25,35H,16H2,1-3H3/b26-24+. The van der Waals surface area contributed by atoms with E-state index < -0.39 is 23.7 Å². The number of aliphatic hydroxyl groups is 1. The molecule has 1 aromatic heterocycles. The number of esters is 1. The number of amides is 1. The average Bonchev–Trinajstić information content (AvgIpc) is 3.48. The van der Waals surface area contributed by atoms with Gasteiger partial charge in [-0.25, -0.2) is 9.78 Å². The number of nitrogens with zero attached hydrogens (tertiary/aromatic N) is 2. The van der Waals surface area contributed by atoms with E-state index in [4.69, 9.17) is 21.1 Å². The van der Waals surface area contributed by atoms with Gasteiger partial charge in [-0.15, -0.1) is 0 Å². The minimum absolute atomic E-state index is 0.113. The highest BCUT2D eigenvalue weighted by molar-refractivity contribution is 7.17. The van der Waals surface area contributed by atoms with E-state index in [1.807, 2.05) is 31.2 Å². The second kappa shape index (κ2) is 11.6. The molecule has 0 saturated carbocycles. The molecule has 0 bridgehead atoms. The molecule has 0 aliphatic carbocycles. The Hall–Kier alpha value is -4.47. The number of hydrogen-bond acceptors (Lipinski definition) is 8. The molecular weight excluding hydrogens is 564 g/mol. The predicted octanol–water partition coefficient (Wildman–Crippen LogP) is 6.41. The lowest BCUT2D eigenvalue weighted by atomic mass is 9.95. The van der Waals surface area contributed by atoms with Crippen molar-refractivity contribution in [1.82, 2.24) is 4.98 Å². The van der Waals surface area contributed by atoms with Crippen LogP contribution in [0.25, 0.3) is 5.76 Å². The summed E-state index contributed by atoms with van der Waals surface area (Å²) < 4.78 is 10.7. The van der Waals surface area contributed by atoms with E-state index in [9.17, 15) is 19.5 Å². The number of Topliss-reactive ketones (excluding diaryl/α,β-unsaturated/α-hetero) is 1. The molecule has 3 aromatic carbocycles. The van der Waals surface area contributed by atoms with Crippen LogP contribution in [0.15, 0.2) is 78.4 Å². The van der Waals surface area contributed by atoms with E-state index in [0.717, 1.165) is 22.5 Å². The fourth-order valence-corrected chi connectivity index (χ4v) is 5.73. The first-order chi connectivity index (χ1) is 19.7. The van der Waals surface area contributed by atoms with Gasteiger partial charge in [0.25, 0.3) is 5.78 Å². The number of carbonyl (C=O) groups excluding carboxylic acids is 3. The zero-order chi connectivity index (χ0) is 29.3. The highest BCUT2D eigenvalue weighted by Crippen LogP contribution is 2.44. The van der Waals surface area contributed by atoms with E-state index in [1.54, 1.807) is 55.5 Å². The Morgan fingerprint density at radius 2 is 1.76 bits per heavy atom. The maximum absolute atomic E-state index is 13.4. The number of aromatic nitrogens is 1. The van der Waals surface area contributed by atoms with Crippen molar-refractivity contribution in [1.29, 1.82) is 0 Å². The summed E-state index contributed by atoms with van der Waals surface area (Å²) in [4.78, 5) is 44.8. The molecule has 1 amide bonds. The molecule has 41 heavy (non-hydrogen) atoms. The number of ketones is 1. The molecule has 10 heteroatoms. The van der Waals surface area contributed by atoms with Crippen LogP contribution in [-0.2, 0) is 20.9 Å². The van der Waals surface area contributed by atoms with Crippen molar-refractivity contribution < 1.29 is 29.0 Å². The number of ether oxygens (including phenoxy) is 2. The van der Waals surface area contributed by atoms with Crippen LogP contribution in [0, 0.1) is 13.8 Å². The van der Waals surface area contributed by atoms with Gasteiger partial charge in [0.2, 0.25) is 0 Å². The number of rotatable bonds is 7. The molecule has 1 aliphatic rings. The summed E-state index contributed by atoms with van der Waals surface area (Å²) >= 11 is 7.04. The highest BCUT2D eigenvalue weighted by Gasteiger charge is 2.48. The minimum atomic E-state index is -1.01. The Labute approximate surface area is 245 Å². The van der Waals surface area contributed by atoms with Gasteiger partial charge in [0.15, 0.2) is 5.13 Å². The first-order valence-corrected chi connectivity index (χ1v) is 13.8. The van der Waals surface area contributed by atoms with Gasteiger partial charge in [0.1, 0.15) is 23.0 Å². The molecule has 5 rings (SSSR count). The summed E-state index contributed by atoms with van der Waals surface area (Å²) in [5, 5.41) is 12.0. The van der Waals surface area contributed by atoms with Crippen molar-refractivity contribution in [2.45, 2.75) is 26.5 Å². The quantitative estimate of drug-likeness (QED) is 0.115. The number of anilines is 1. The fourth-order valence-electron chi connectivity index (χ4n) is 4.59. The molecule has 8 nitrogen and oxygen atoms in total. The number of aliphatic hydroxyl groups excluding tert-OH is 1. The van der Waals surface area contributed by atoms with Crippen molar-refractivity contribution in [2.24, 2.45) is 0 Å². The van der Waals surface area contributed by atoms with Crippen LogP contribution in [0.1, 0.15) is 43.7 Å². The zero-order valence-corrected chi connectivity index (χ0v) is 24.0. The SMILES string of the molecule is COC(=O)c1sc(N2C(=O)C(=O)/C(=C(/O)c3ccc(OCc4cccc(C)c4)cc3)C2c2ccc(Cl)cc2)nc1C. The van der Waals surface area contributed by atoms with Crippen LogP contribution in [0.4, 0.5) is 5.13 Å². The number of methoxy groups -OCH3 is 1. The maximum Gasteiger partial charge on any atom is 0.350 e. The van der Waals surface area contributed by atoms with Crippen LogP contribution in [0.2, 0.25) is 5.02 Å². The third-order valence-corrected chi connectivity index (χ3v) is 8.00. The summed E-state index contributed by atoms with van der Waals surface area (Å²) in [6.45, 7) is 3.99. The second-order valence-electron chi connectivity index (χ2n) is 9.43. The topological polar surface area (TPSA) is 106 Å². The van der Waals surface area contributed by atoms with Gasteiger partial charge < -0.3 is 14.6 Å². The minimum Gasteiger partial charge on any atom is -0.507 e. The van der Waals surface area contributed by atoms with Gasteiger partial charge in [-0.05, 0) is 61.4 Å². The van der Waals surface area contributed by atoms with Gasteiger partial charge in [-0.2, -0.15) is 0 Å². The third kappa shape index (κ3) is 5.59. The lowest BCUT2D eigenvalue weighted by Gasteiger charge is -2.23. The molecule has 4 aromatic rings. The lowest BCUT2D eigenvalue weighted by Crippen LogP contribution is -2.29. The van der Waals surface area contributed by atoms with Crippen molar-refractivity contribution in [2.75, 3.05) is 12.0 Å². The normalized spacial score (nSPS) is 16.2. The van der Waals surface area contributed by atoms with Gasteiger partial charge in [-0.1, -0.05) is 64.9 Å². The molecule has 1 saturated heterocycles. The summed E-state index contributed by atoms with van der Waals surface area (Å²) in [5.41, 5.74) is 3.25. The molecule has 0 spiro atoms. The van der Waals surface area contributed by atoms with Crippen LogP contribution >= 0.6 is 22.9 Å². The van der Waals surface area contributed by atoms with Crippen LogP contribution in [-0.4, -0.2) is 34.9 Å². The summed E-state index contributed by atoms with van der Waals surface area (Å²) in [7, 11) is 1.25. The van der Waals surface area contributed by atoms with Gasteiger partial charge in [0.05, 0.1) is 24.4 Å². The van der Waals surface area contributed by atoms with Crippen LogP contribution < -0.4 is 9.64 Å². The Bertz CT molecular complexity index is 1680. The number of carbonyl (C=O) groups is 3. The van der Waals surface area contributed by atoms with Crippen molar-refractivity contribution in [3.63, 3.8) is 0 Å². The Morgan fingerprint density at radius 3 is 2.41 bits per heavy atom. The third-order valence-electron chi connectivity index (χ3n) is 6.61. The lowest BCUT2D eigenvalue weighted by molar-refractivity contribution is -0.132. The summed E-state index contributed by atoms with van der Waals surface area (Å²) in [5.74, 6) is -2.14. The van der Waals surface area contributed by atoms with E-state index in [1.165, 1.54) is 12.0 Å². The number of hydrogen-bond donors (Lipinski definition) is 1. The first kappa shape index (κ1) is 28.1. The number of aryl methyl sites for hydroxylation is 2. The van der Waals surface area contributed by atoms with Crippen LogP contribution in [0.3, 0.4) is 0 Å². The smallest absolute Gasteiger partial charge is 0.350 e. The Balaban J connectivity index is 1.52. The van der Waals surface area contributed by atoms with Gasteiger partial charge >= 0.3 is 11.9 Å². The summed E-state index contributed by atoms with van der Waals surface area (Å²) in [6.07, 6.45) is 0. The Kier molecular flexibility index (Phi) is 7.92. The van der Waals surface area contributed by atoms with Crippen molar-refractivity contribution in [3.8, 4) is 5.75 Å². The molecule has 208 valence electrons. The number of halogens is 1. The number of benzene rings is 3. The average molecular weight is 589 g/mol. The highest BCUT2D eigenvalue weighted by atomic mass is 35.5. The molecule has 1 fully saturated rings.